The summed E-state index contributed by atoms with van der Waals surface area (Å²) in [5.74, 6) is 0.946. The summed E-state index contributed by atoms with van der Waals surface area (Å²) >= 11 is 0. The maximum atomic E-state index is 12.5. The molecule has 0 unspecified atom stereocenters. The second-order valence-electron chi connectivity index (χ2n) is 6.90. The maximum absolute atomic E-state index is 12.5. The van der Waals surface area contributed by atoms with Crippen LogP contribution in [0, 0.1) is 0 Å². The van der Waals surface area contributed by atoms with Crippen molar-refractivity contribution in [1.82, 2.24) is 5.43 Å². The van der Waals surface area contributed by atoms with Crippen molar-refractivity contribution in [2.24, 2.45) is 5.10 Å². The highest BCUT2D eigenvalue weighted by Crippen LogP contribution is 2.22. The average Bonchev–Trinajstić information content (AvgIpc) is 2.66. The number of hydrogen-bond acceptors (Lipinski definition) is 4. The smallest absolute Gasteiger partial charge is 0.271 e. The first-order chi connectivity index (χ1) is 12.7. The first kappa shape index (κ1) is 20.3. The van der Waals surface area contributed by atoms with E-state index in [9.17, 15) is 4.79 Å². The molecule has 1 N–H and O–H groups in total. The van der Waals surface area contributed by atoms with Gasteiger partial charge in [0.15, 0.2) is 0 Å². The summed E-state index contributed by atoms with van der Waals surface area (Å²) in [6, 6.07) is 5.13. The monoisotopic (exact) mass is 360 g/mol. The average molecular weight is 360 g/mol. The van der Waals surface area contributed by atoms with Crippen molar-refractivity contribution in [3.63, 3.8) is 0 Å². The first-order valence-corrected chi connectivity index (χ1v) is 9.82. The molecule has 0 radical (unpaired) electrons. The standard InChI is InChI=1S/C21H32N2O3/c1-25-19-14-17(15-20(16-19)26-2)21(24)23-22-18-12-10-8-6-4-3-5-7-9-11-13-18/h14-16H,3-13H2,1-2H3,(H,23,24). The molecule has 1 aromatic carbocycles. The molecule has 5 nitrogen and oxygen atoms in total. The van der Waals surface area contributed by atoms with E-state index in [0.717, 1.165) is 31.4 Å². The lowest BCUT2D eigenvalue weighted by atomic mass is 10.00. The van der Waals surface area contributed by atoms with E-state index >= 15 is 0 Å². The van der Waals surface area contributed by atoms with E-state index in [-0.39, 0.29) is 5.91 Å². The Morgan fingerprint density at radius 3 is 1.73 bits per heavy atom. The number of amides is 1. The zero-order chi connectivity index (χ0) is 18.6. The maximum Gasteiger partial charge on any atom is 0.271 e. The number of benzene rings is 1. The highest BCUT2D eigenvalue weighted by atomic mass is 16.5. The third-order valence-electron chi connectivity index (χ3n) is 4.86. The Kier molecular flexibility index (Phi) is 9.01. The molecule has 1 aromatic rings. The van der Waals surface area contributed by atoms with Crippen LogP contribution in [0.25, 0.3) is 0 Å². The van der Waals surface area contributed by atoms with Crippen molar-refractivity contribution in [1.29, 1.82) is 0 Å². The molecule has 0 bridgehead atoms. The van der Waals surface area contributed by atoms with Gasteiger partial charge in [0.05, 0.1) is 14.2 Å². The fourth-order valence-corrected chi connectivity index (χ4v) is 3.27. The molecule has 5 heteroatoms. The van der Waals surface area contributed by atoms with Gasteiger partial charge in [0, 0.05) is 17.3 Å². The van der Waals surface area contributed by atoms with Gasteiger partial charge in [-0.15, -0.1) is 0 Å². The van der Waals surface area contributed by atoms with Gasteiger partial charge in [-0.25, -0.2) is 5.43 Å². The minimum atomic E-state index is -0.235. The Hall–Kier alpha value is -2.04. The van der Waals surface area contributed by atoms with Crippen LogP contribution < -0.4 is 14.9 Å². The van der Waals surface area contributed by atoms with Crippen LogP contribution in [0.1, 0.15) is 81.0 Å². The number of carbonyl (C=O) groups excluding carboxylic acids is 1. The molecule has 0 spiro atoms. The van der Waals surface area contributed by atoms with Crippen LogP contribution in [-0.2, 0) is 0 Å². The summed E-state index contributed by atoms with van der Waals surface area (Å²) < 4.78 is 10.4. The van der Waals surface area contributed by atoms with E-state index in [1.54, 1.807) is 32.4 Å². The summed E-state index contributed by atoms with van der Waals surface area (Å²) in [5.41, 5.74) is 4.31. The van der Waals surface area contributed by atoms with Crippen LogP contribution in [0.15, 0.2) is 23.3 Å². The predicted octanol–water partition coefficient (Wildman–Crippen LogP) is 5.09. The van der Waals surface area contributed by atoms with E-state index in [1.807, 2.05) is 0 Å². The number of methoxy groups -OCH3 is 2. The third kappa shape index (κ3) is 7.06. The molecule has 1 aliphatic carbocycles. The fraction of sp³-hybridized carbons (Fsp3) is 0.619. The Labute approximate surface area is 157 Å². The molecular weight excluding hydrogens is 328 g/mol. The number of nitrogens with zero attached hydrogens (tertiary/aromatic N) is 1. The van der Waals surface area contributed by atoms with Crippen LogP contribution in [0.3, 0.4) is 0 Å². The molecule has 1 aliphatic rings. The molecule has 0 heterocycles. The number of nitrogens with one attached hydrogen (secondary N) is 1. The minimum absolute atomic E-state index is 0.235. The van der Waals surface area contributed by atoms with Crippen LogP contribution in [0.4, 0.5) is 0 Å². The minimum Gasteiger partial charge on any atom is -0.497 e. The summed E-state index contributed by atoms with van der Waals surface area (Å²) in [5, 5.41) is 4.43. The fourth-order valence-electron chi connectivity index (χ4n) is 3.27. The van der Waals surface area contributed by atoms with Crippen molar-refractivity contribution in [2.75, 3.05) is 14.2 Å². The Bertz CT molecular complexity index is 563. The van der Waals surface area contributed by atoms with Crippen LogP contribution in [-0.4, -0.2) is 25.8 Å². The zero-order valence-corrected chi connectivity index (χ0v) is 16.2. The van der Waals surface area contributed by atoms with Crippen molar-refractivity contribution in [3.05, 3.63) is 23.8 Å². The molecular formula is C21H32N2O3. The Morgan fingerprint density at radius 2 is 1.27 bits per heavy atom. The second-order valence-corrected chi connectivity index (χ2v) is 6.90. The topological polar surface area (TPSA) is 59.9 Å². The largest absolute Gasteiger partial charge is 0.497 e. The highest BCUT2D eigenvalue weighted by Gasteiger charge is 2.10. The van der Waals surface area contributed by atoms with Gasteiger partial charge in [-0.3, -0.25) is 4.79 Å². The van der Waals surface area contributed by atoms with Gasteiger partial charge < -0.3 is 9.47 Å². The van der Waals surface area contributed by atoms with Gasteiger partial charge >= 0.3 is 0 Å². The number of hydrazone groups is 1. The van der Waals surface area contributed by atoms with E-state index < -0.39 is 0 Å². The van der Waals surface area contributed by atoms with Gasteiger partial charge in [0.2, 0.25) is 0 Å². The van der Waals surface area contributed by atoms with Crippen LogP contribution in [0.2, 0.25) is 0 Å². The Balaban J connectivity index is 1.99. The van der Waals surface area contributed by atoms with Gasteiger partial charge in [-0.05, 0) is 37.8 Å². The van der Waals surface area contributed by atoms with Gasteiger partial charge in [-0.2, -0.15) is 5.10 Å². The first-order valence-electron chi connectivity index (χ1n) is 9.82. The Morgan fingerprint density at radius 1 is 0.808 bits per heavy atom. The van der Waals surface area contributed by atoms with Gasteiger partial charge in [0.1, 0.15) is 11.5 Å². The van der Waals surface area contributed by atoms with Crippen molar-refractivity contribution in [2.45, 2.75) is 70.6 Å². The molecule has 0 aliphatic heterocycles. The van der Waals surface area contributed by atoms with E-state index in [0.29, 0.717) is 17.1 Å². The molecule has 1 amide bonds. The summed E-state index contributed by atoms with van der Waals surface area (Å²) in [7, 11) is 3.14. The molecule has 1 saturated carbocycles. The number of rotatable bonds is 4. The molecule has 0 aromatic heterocycles. The molecule has 0 saturated heterocycles. The summed E-state index contributed by atoms with van der Waals surface area (Å²) in [6.07, 6.45) is 13.4. The SMILES string of the molecule is COc1cc(OC)cc(C(=O)NN=C2CCCCCCCCCCC2)c1. The quantitative estimate of drug-likeness (QED) is 0.760. The molecule has 2 rings (SSSR count). The van der Waals surface area contributed by atoms with Crippen LogP contribution in [0.5, 0.6) is 11.5 Å². The van der Waals surface area contributed by atoms with E-state index in [2.05, 4.69) is 10.5 Å². The lowest BCUT2D eigenvalue weighted by Crippen LogP contribution is -2.20. The molecule has 1 fully saturated rings. The normalized spacial score (nSPS) is 16.8. The van der Waals surface area contributed by atoms with Crippen LogP contribution >= 0.6 is 0 Å². The van der Waals surface area contributed by atoms with E-state index in [4.69, 9.17) is 9.47 Å². The summed E-state index contributed by atoms with van der Waals surface area (Å²) in [6.45, 7) is 0. The number of hydrogen-bond donors (Lipinski definition) is 1. The van der Waals surface area contributed by atoms with Gasteiger partial charge in [-0.1, -0.05) is 44.9 Å². The second kappa shape index (κ2) is 11.6. The number of carbonyl (C=O) groups is 1. The van der Waals surface area contributed by atoms with Gasteiger partial charge in [0.25, 0.3) is 5.91 Å². The summed E-state index contributed by atoms with van der Waals surface area (Å²) in [4.78, 5) is 12.5. The molecule has 144 valence electrons. The van der Waals surface area contributed by atoms with E-state index in [1.165, 1.54) is 44.9 Å². The van der Waals surface area contributed by atoms with Crippen molar-refractivity contribution in [3.8, 4) is 11.5 Å². The van der Waals surface area contributed by atoms with Crippen molar-refractivity contribution < 1.29 is 14.3 Å². The molecule has 0 atom stereocenters. The van der Waals surface area contributed by atoms with Crippen molar-refractivity contribution >= 4 is 11.6 Å². The highest BCUT2D eigenvalue weighted by molar-refractivity contribution is 5.96. The number of ether oxygens (including phenoxy) is 2. The zero-order valence-electron chi connectivity index (χ0n) is 16.2. The lowest BCUT2D eigenvalue weighted by molar-refractivity contribution is 0.0954. The predicted molar refractivity (Wildman–Crippen MR) is 105 cm³/mol. The molecule has 26 heavy (non-hydrogen) atoms. The third-order valence-corrected chi connectivity index (χ3v) is 4.86. The lowest BCUT2D eigenvalue weighted by Gasteiger charge is -2.10.